The highest BCUT2D eigenvalue weighted by Crippen LogP contribution is 2.12. The van der Waals surface area contributed by atoms with Gasteiger partial charge in [0.05, 0.1) is 0 Å². The zero-order valence-electron chi connectivity index (χ0n) is 8.57. The molecular weight excluding hydrogens is 172 g/mol. The Morgan fingerprint density at radius 1 is 1.36 bits per heavy atom. The second-order valence-electron chi connectivity index (χ2n) is 3.21. The predicted octanol–water partition coefficient (Wildman–Crippen LogP) is 3.35. The van der Waals surface area contributed by atoms with Gasteiger partial charge in [0.1, 0.15) is 0 Å². The van der Waals surface area contributed by atoms with Crippen LogP contribution in [0.25, 0.3) is 0 Å². The van der Waals surface area contributed by atoms with Crippen LogP contribution in [0.1, 0.15) is 26.2 Å². The minimum absolute atomic E-state index is 0.152. The fourth-order valence-corrected chi connectivity index (χ4v) is 1.25. The van der Waals surface area contributed by atoms with Gasteiger partial charge in [-0.3, -0.25) is 4.79 Å². The van der Waals surface area contributed by atoms with Crippen molar-refractivity contribution in [3.63, 3.8) is 0 Å². The van der Waals surface area contributed by atoms with E-state index in [1.54, 1.807) is 6.08 Å². The Hall–Kier alpha value is -1.37. The van der Waals surface area contributed by atoms with Gasteiger partial charge in [-0.25, -0.2) is 0 Å². The molecule has 0 fully saturated rings. The third kappa shape index (κ3) is 3.56. The second kappa shape index (κ2) is 6.14. The average Bonchev–Trinajstić information content (AvgIpc) is 2.58. The molecule has 0 aromatic carbocycles. The van der Waals surface area contributed by atoms with Crippen LogP contribution in [0.15, 0.2) is 48.1 Å². The van der Waals surface area contributed by atoms with Crippen LogP contribution >= 0.6 is 0 Å². The number of carbonyl (C=O) groups excluding carboxylic acids is 1. The van der Waals surface area contributed by atoms with Crippen LogP contribution in [-0.2, 0) is 4.79 Å². The molecule has 14 heavy (non-hydrogen) atoms. The van der Waals surface area contributed by atoms with E-state index in [-0.39, 0.29) is 5.78 Å². The molecule has 0 amide bonds. The molecule has 1 aliphatic rings. The van der Waals surface area contributed by atoms with Crippen molar-refractivity contribution in [1.82, 2.24) is 0 Å². The normalized spacial score (nSPS) is 19.5. The Balaban J connectivity index is 2.32. The van der Waals surface area contributed by atoms with E-state index in [1.165, 1.54) is 0 Å². The monoisotopic (exact) mass is 188 g/mol. The fourth-order valence-electron chi connectivity index (χ4n) is 1.25. The first-order chi connectivity index (χ1) is 6.84. The lowest BCUT2D eigenvalue weighted by molar-refractivity contribution is -0.111. The molecule has 1 rings (SSSR count). The van der Waals surface area contributed by atoms with E-state index < -0.39 is 0 Å². The molecule has 0 saturated heterocycles. The van der Waals surface area contributed by atoms with Crippen LogP contribution in [0, 0.1) is 0 Å². The first-order valence-electron chi connectivity index (χ1n) is 5.06. The summed E-state index contributed by atoms with van der Waals surface area (Å²) < 4.78 is 0. The van der Waals surface area contributed by atoms with Crippen molar-refractivity contribution in [1.29, 1.82) is 0 Å². The van der Waals surface area contributed by atoms with Gasteiger partial charge in [-0.2, -0.15) is 0 Å². The summed E-state index contributed by atoms with van der Waals surface area (Å²) in [7, 11) is 0. The number of hydrogen-bond acceptors (Lipinski definition) is 1. The van der Waals surface area contributed by atoms with E-state index in [0.717, 1.165) is 24.8 Å². The molecule has 0 bridgehead atoms. The van der Waals surface area contributed by atoms with Crippen molar-refractivity contribution < 1.29 is 4.79 Å². The van der Waals surface area contributed by atoms with Crippen LogP contribution in [0.4, 0.5) is 0 Å². The first kappa shape index (κ1) is 10.7. The zero-order chi connectivity index (χ0) is 10.2. The van der Waals surface area contributed by atoms with Gasteiger partial charge in [-0.05, 0) is 25.3 Å². The molecule has 74 valence electrons. The maximum atomic E-state index is 11.1. The van der Waals surface area contributed by atoms with Crippen LogP contribution in [0.2, 0.25) is 0 Å². The molecule has 0 heterocycles. The molecule has 0 N–H and O–H groups in total. The highest BCUT2D eigenvalue weighted by molar-refractivity contribution is 6.06. The Kier molecular flexibility index (Phi) is 4.70. The number of allylic oxidation sites excluding steroid dienone is 8. The van der Waals surface area contributed by atoms with Gasteiger partial charge in [0.15, 0.2) is 5.78 Å². The van der Waals surface area contributed by atoms with Gasteiger partial charge in [-0.1, -0.05) is 43.4 Å². The first-order valence-corrected chi connectivity index (χ1v) is 5.06. The minimum atomic E-state index is 0.152. The topological polar surface area (TPSA) is 17.1 Å². The quantitative estimate of drug-likeness (QED) is 0.488. The molecular formula is C13H16O. The molecule has 0 atom stereocenters. The zero-order valence-corrected chi connectivity index (χ0v) is 8.57. The van der Waals surface area contributed by atoms with E-state index in [0.29, 0.717) is 0 Å². The van der Waals surface area contributed by atoms with Gasteiger partial charge < -0.3 is 0 Å². The lowest BCUT2D eigenvalue weighted by Crippen LogP contribution is -1.89. The predicted molar refractivity (Wildman–Crippen MR) is 60.0 cm³/mol. The van der Waals surface area contributed by atoms with Crippen LogP contribution in [0.3, 0.4) is 0 Å². The molecule has 0 radical (unpaired) electrons. The lowest BCUT2D eigenvalue weighted by Gasteiger charge is -1.88. The van der Waals surface area contributed by atoms with Crippen molar-refractivity contribution >= 4 is 5.78 Å². The molecule has 0 saturated carbocycles. The maximum Gasteiger partial charge on any atom is 0.181 e. The lowest BCUT2D eigenvalue weighted by atomic mass is 10.2. The number of ketones is 1. The Morgan fingerprint density at radius 3 is 2.86 bits per heavy atom. The fraction of sp³-hybridized carbons (Fsp3) is 0.308. The van der Waals surface area contributed by atoms with Crippen LogP contribution in [-0.4, -0.2) is 5.78 Å². The van der Waals surface area contributed by atoms with Gasteiger partial charge in [0.2, 0.25) is 0 Å². The third-order valence-corrected chi connectivity index (χ3v) is 2.03. The van der Waals surface area contributed by atoms with Gasteiger partial charge >= 0.3 is 0 Å². The Bertz CT molecular complexity index is 303. The van der Waals surface area contributed by atoms with Crippen molar-refractivity contribution in [2.24, 2.45) is 0 Å². The molecule has 0 aromatic heterocycles. The summed E-state index contributed by atoms with van der Waals surface area (Å²) in [5, 5.41) is 0. The van der Waals surface area contributed by atoms with Crippen molar-refractivity contribution in [2.75, 3.05) is 0 Å². The number of hydrogen-bond donors (Lipinski definition) is 0. The van der Waals surface area contributed by atoms with E-state index in [4.69, 9.17) is 0 Å². The highest BCUT2D eigenvalue weighted by Gasteiger charge is 2.08. The van der Waals surface area contributed by atoms with Crippen LogP contribution in [0.5, 0.6) is 0 Å². The highest BCUT2D eigenvalue weighted by atomic mass is 16.1. The minimum Gasteiger partial charge on any atom is -0.290 e. The van der Waals surface area contributed by atoms with Crippen molar-refractivity contribution in [3.8, 4) is 0 Å². The molecule has 0 aliphatic heterocycles. The average molecular weight is 188 g/mol. The van der Waals surface area contributed by atoms with E-state index in [2.05, 4.69) is 25.2 Å². The number of rotatable bonds is 4. The molecule has 0 spiro atoms. The van der Waals surface area contributed by atoms with E-state index in [1.807, 2.05) is 18.2 Å². The maximum absolute atomic E-state index is 11.1. The standard InChI is InChI=1S/C13H16O/c1-2-3-4-5-6-7-9-12-10-8-11-13(12)14/h3-4,6-9,11H,2,5,10H2,1H3/b4-3-,7-6+,12-9+. The van der Waals surface area contributed by atoms with Gasteiger partial charge in [0, 0.05) is 5.57 Å². The van der Waals surface area contributed by atoms with Crippen LogP contribution < -0.4 is 0 Å². The largest absolute Gasteiger partial charge is 0.290 e. The molecule has 0 aromatic rings. The van der Waals surface area contributed by atoms with Gasteiger partial charge in [-0.15, -0.1) is 0 Å². The molecule has 1 heteroatoms. The summed E-state index contributed by atoms with van der Waals surface area (Å²) in [4.78, 5) is 11.1. The van der Waals surface area contributed by atoms with Crippen molar-refractivity contribution in [2.45, 2.75) is 26.2 Å². The summed E-state index contributed by atoms with van der Waals surface area (Å²) in [5.74, 6) is 0.152. The summed E-state index contributed by atoms with van der Waals surface area (Å²) in [6, 6.07) is 0. The van der Waals surface area contributed by atoms with Crippen molar-refractivity contribution in [3.05, 3.63) is 48.1 Å². The second-order valence-corrected chi connectivity index (χ2v) is 3.21. The number of carbonyl (C=O) groups is 1. The van der Waals surface area contributed by atoms with E-state index in [9.17, 15) is 4.79 Å². The Labute approximate surface area is 85.5 Å². The smallest absolute Gasteiger partial charge is 0.181 e. The SMILES string of the molecule is CC/C=C\C/C=C/C=C1\CC=CC1=O. The van der Waals surface area contributed by atoms with Gasteiger partial charge in [0.25, 0.3) is 0 Å². The molecule has 1 nitrogen and oxygen atoms in total. The third-order valence-electron chi connectivity index (χ3n) is 2.03. The summed E-state index contributed by atoms with van der Waals surface area (Å²) >= 11 is 0. The summed E-state index contributed by atoms with van der Waals surface area (Å²) in [6.45, 7) is 2.12. The van der Waals surface area contributed by atoms with E-state index >= 15 is 0 Å². The summed E-state index contributed by atoms with van der Waals surface area (Å²) in [5.41, 5.74) is 0.890. The molecule has 1 aliphatic carbocycles. The molecule has 0 unspecified atom stereocenters. The Morgan fingerprint density at radius 2 is 2.21 bits per heavy atom. The summed E-state index contributed by atoms with van der Waals surface area (Å²) in [6.07, 6.45) is 16.5.